The average Bonchev–Trinajstić information content (AvgIpc) is 3.22. The fraction of sp³-hybridized carbons (Fsp3) is 0.619. The molecular formula is C21H18O6. The van der Waals surface area contributed by atoms with Gasteiger partial charge in [-0.2, -0.15) is 0 Å². The minimum absolute atomic E-state index is 0.160. The number of carbonyl (C=O) groups is 4. The molecule has 0 N–H and O–H groups in total. The van der Waals surface area contributed by atoms with Crippen LogP contribution >= 0.6 is 0 Å². The first-order valence-corrected chi connectivity index (χ1v) is 9.67. The first kappa shape index (κ1) is 14.8. The van der Waals surface area contributed by atoms with Gasteiger partial charge in [-0.3, -0.25) is 9.59 Å². The van der Waals surface area contributed by atoms with Gasteiger partial charge < -0.3 is 9.47 Å². The summed E-state index contributed by atoms with van der Waals surface area (Å²) in [6, 6.07) is 0. The van der Waals surface area contributed by atoms with E-state index >= 15 is 0 Å². The van der Waals surface area contributed by atoms with Crippen molar-refractivity contribution in [1.29, 1.82) is 0 Å². The van der Waals surface area contributed by atoms with Gasteiger partial charge in [0.15, 0.2) is 0 Å². The number of esters is 2. The quantitative estimate of drug-likeness (QED) is 0.528. The van der Waals surface area contributed by atoms with Gasteiger partial charge in [-0.05, 0) is 30.1 Å². The van der Waals surface area contributed by atoms with Crippen molar-refractivity contribution in [3.8, 4) is 0 Å². The summed E-state index contributed by atoms with van der Waals surface area (Å²) in [5, 5.41) is 0. The second kappa shape index (κ2) is 3.82. The molecule has 0 amide bonds. The van der Waals surface area contributed by atoms with Crippen molar-refractivity contribution in [3.63, 3.8) is 0 Å². The van der Waals surface area contributed by atoms with Crippen LogP contribution in [0.5, 0.6) is 0 Å². The third-order valence-electron chi connectivity index (χ3n) is 9.52. The Bertz CT molecular complexity index is 913. The number of rotatable bonds is 2. The molecule has 10 atom stereocenters. The smallest absolute Gasteiger partial charge is 0.334 e. The zero-order chi connectivity index (χ0) is 18.6. The van der Waals surface area contributed by atoms with Crippen LogP contribution in [-0.4, -0.2) is 37.7 Å². The molecule has 0 aliphatic heterocycles. The lowest BCUT2D eigenvalue weighted by Crippen LogP contribution is -2.76. The van der Waals surface area contributed by atoms with Crippen LogP contribution in [0, 0.1) is 58.2 Å². The minimum Gasteiger partial charge on any atom is -0.466 e. The highest BCUT2D eigenvalue weighted by molar-refractivity contribution is 6.16. The lowest BCUT2D eigenvalue weighted by molar-refractivity contribution is -0.217. The highest BCUT2D eigenvalue weighted by atomic mass is 16.5. The Labute approximate surface area is 154 Å². The van der Waals surface area contributed by atoms with Crippen molar-refractivity contribution < 1.29 is 28.7 Å². The van der Waals surface area contributed by atoms with Crippen molar-refractivity contribution >= 4 is 23.5 Å². The van der Waals surface area contributed by atoms with E-state index < -0.39 is 34.6 Å². The summed E-state index contributed by atoms with van der Waals surface area (Å²) in [6.45, 7) is 0. The number of allylic oxidation sites excluding steroid dienone is 2. The van der Waals surface area contributed by atoms with Crippen molar-refractivity contribution in [1.82, 2.24) is 0 Å². The Morgan fingerprint density at radius 2 is 1.26 bits per heavy atom. The van der Waals surface area contributed by atoms with E-state index in [1.54, 1.807) is 0 Å². The van der Waals surface area contributed by atoms with Gasteiger partial charge in [0.25, 0.3) is 0 Å². The SMILES string of the molecule is COC(=O)C1=C(C(=O)OC)[C@@H]2C=C[C@H]1[C@]13C(=O)[C@H]4[C@@H]5C[C@@H]6[C@H]4C(=O)[C@]21[C@@H]6[C@@H]53. The summed E-state index contributed by atoms with van der Waals surface area (Å²) in [5.41, 5.74) is -1.16. The zero-order valence-corrected chi connectivity index (χ0v) is 14.9. The second-order valence-corrected chi connectivity index (χ2v) is 9.28. The van der Waals surface area contributed by atoms with E-state index in [2.05, 4.69) is 0 Å². The van der Waals surface area contributed by atoms with E-state index in [0.717, 1.165) is 6.42 Å². The van der Waals surface area contributed by atoms with Gasteiger partial charge >= 0.3 is 11.9 Å². The van der Waals surface area contributed by atoms with Gasteiger partial charge in [0.1, 0.15) is 11.6 Å². The molecule has 0 radical (unpaired) electrons. The molecule has 5 fully saturated rings. The zero-order valence-electron chi connectivity index (χ0n) is 14.9. The Morgan fingerprint density at radius 1 is 0.852 bits per heavy atom. The normalized spacial score (nSPS) is 56.1. The van der Waals surface area contributed by atoms with E-state index in [1.807, 2.05) is 12.2 Å². The summed E-state index contributed by atoms with van der Waals surface area (Å²) in [5.74, 6) is -1.31. The summed E-state index contributed by atoms with van der Waals surface area (Å²) in [6.07, 6.45) is 4.73. The fourth-order valence-corrected chi connectivity index (χ4v) is 9.55. The standard InChI is InChI=1S/C21H18O6/c1-26-18(24)12-8-3-4-9(13(12)19(25)27-2)21-15-7-5-6-10(11(7)17(21)23)16(22)20(8,21)14(6)15/h3-4,6-11,14-15H,5H2,1-2H3/t6-,7+,8+,9-,10-,11+,14+,15-,20-,21+. The number of Topliss-reactive ketones (excluding diaryl/α,β-unsaturated/α-hetero) is 2. The maximum absolute atomic E-state index is 13.7. The van der Waals surface area contributed by atoms with Crippen molar-refractivity contribution in [2.45, 2.75) is 6.42 Å². The van der Waals surface area contributed by atoms with Crippen molar-refractivity contribution in [3.05, 3.63) is 23.3 Å². The van der Waals surface area contributed by atoms with Crippen LogP contribution in [0.1, 0.15) is 6.42 Å². The van der Waals surface area contributed by atoms with Gasteiger partial charge in [-0.1, -0.05) is 12.2 Å². The molecule has 5 saturated carbocycles. The maximum atomic E-state index is 13.7. The predicted octanol–water partition coefficient (Wildman–Crippen LogP) is 0.711. The molecule has 0 heterocycles. The number of carbonyl (C=O) groups excluding carboxylic acids is 4. The summed E-state index contributed by atoms with van der Waals surface area (Å²) >= 11 is 0. The van der Waals surface area contributed by atoms with Crippen molar-refractivity contribution in [2.24, 2.45) is 58.2 Å². The van der Waals surface area contributed by atoms with E-state index in [-0.39, 0.29) is 58.2 Å². The first-order chi connectivity index (χ1) is 13.0. The van der Waals surface area contributed by atoms with Crippen LogP contribution in [0.2, 0.25) is 0 Å². The van der Waals surface area contributed by atoms with Crippen LogP contribution in [0.25, 0.3) is 0 Å². The van der Waals surface area contributed by atoms with E-state index in [4.69, 9.17) is 9.47 Å². The molecule has 0 aromatic rings. The number of fused-ring (bicyclic) bond motifs is 1. The fourth-order valence-electron chi connectivity index (χ4n) is 9.55. The Morgan fingerprint density at radius 3 is 1.63 bits per heavy atom. The number of ketones is 2. The van der Waals surface area contributed by atoms with Crippen molar-refractivity contribution in [2.75, 3.05) is 14.2 Å². The lowest BCUT2D eigenvalue weighted by atomic mass is 9.28. The summed E-state index contributed by atoms with van der Waals surface area (Å²) in [7, 11) is 2.56. The molecule has 6 nitrogen and oxygen atoms in total. The Kier molecular flexibility index (Phi) is 2.09. The lowest BCUT2D eigenvalue weighted by Gasteiger charge is -2.71. The molecule has 27 heavy (non-hydrogen) atoms. The van der Waals surface area contributed by atoms with Crippen LogP contribution < -0.4 is 0 Å². The largest absolute Gasteiger partial charge is 0.466 e. The highest BCUT2D eigenvalue weighted by Gasteiger charge is 2.99. The van der Waals surface area contributed by atoms with E-state index in [9.17, 15) is 19.2 Å². The van der Waals surface area contributed by atoms with Gasteiger partial charge in [0.05, 0.1) is 36.2 Å². The monoisotopic (exact) mass is 366 g/mol. The number of hydrogen-bond acceptors (Lipinski definition) is 6. The molecule has 0 unspecified atom stereocenters. The van der Waals surface area contributed by atoms with Gasteiger partial charge in [0, 0.05) is 23.7 Å². The number of ether oxygens (including phenoxy) is 2. The second-order valence-electron chi connectivity index (χ2n) is 9.28. The van der Waals surface area contributed by atoms with Crippen LogP contribution in [0.15, 0.2) is 23.3 Å². The van der Waals surface area contributed by atoms with E-state index in [1.165, 1.54) is 14.2 Å². The Hall–Kier alpha value is -2.24. The third kappa shape index (κ3) is 0.969. The molecule has 4 bridgehead atoms. The molecule has 8 aliphatic carbocycles. The molecule has 0 saturated heterocycles. The highest BCUT2D eigenvalue weighted by Crippen LogP contribution is 2.95. The molecule has 0 aromatic carbocycles. The van der Waals surface area contributed by atoms with Gasteiger partial charge in [-0.25, -0.2) is 9.59 Å². The first-order valence-electron chi connectivity index (χ1n) is 9.67. The van der Waals surface area contributed by atoms with Crippen LogP contribution in [-0.2, 0) is 28.7 Å². The molecule has 8 rings (SSSR count). The summed E-state index contributed by atoms with van der Waals surface area (Å²) < 4.78 is 10.00. The molecule has 8 aliphatic rings. The molecule has 0 aromatic heterocycles. The van der Waals surface area contributed by atoms with E-state index in [0.29, 0.717) is 0 Å². The molecule has 6 heteroatoms. The number of methoxy groups -OCH3 is 2. The summed E-state index contributed by atoms with van der Waals surface area (Å²) in [4.78, 5) is 52.8. The van der Waals surface area contributed by atoms with Gasteiger partial charge in [0.2, 0.25) is 0 Å². The van der Waals surface area contributed by atoms with Crippen LogP contribution in [0.3, 0.4) is 0 Å². The van der Waals surface area contributed by atoms with Gasteiger partial charge in [-0.15, -0.1) is 0 Å². The molecular weight excluding hydrogens is 348 g/mol. The Balaban J connectivity index is 1.59. The molecule has 2 spiro atoms. The number of hydrogen-bond donors (Lipinski definition) is 0. The average molecular weight is 366 g/mol. The third-order valence-corrected chi connectivity index (χ3v) is 9.52. The molecule has 138 valence electrons. The predicted molar refractivity (Wildman–Crippen MR) is 87.6 cm³/mol. The van der Waals surface area contributed by atoms with Crippen LogP contribution in [0.4, 0.5) is 0 Å². The minimum atomic E-state index is -0.827. The maximum Gasteiger partial charge on any atom is 0.334 e. The topological polar surface area (TPSA) is 86.7 Å².